The van der Waals surface area contributed by atoms with Gasteiger partial charge in [0.05, 0.1) is 5.69 Å². The van der Waals surface area contributed by atoms with Gasteiger partial charge in [0.2, 0.25) is 0 Å². The molecule has 1 fully saturated rings. The molecule has 0 saturated carbocycles. The number of ether oxygens (including phenoxy) is 1. The van der Waals surface area contributed by atoms with E-state index in [4.69, 9.17) is 21.4 Å². The van der Waals surface area contributed by atoms with Crippen molar-refractivity contribution in [2.75, 3.05) is 4.90 Å². The lowest BCUT2D eigenvalue weighted by atomic mass is 10.2. The number of benzene rings is 2. The minimum absolute atomic E-state index is 0.149. The first-order chi connectivity index (χ1) is 14.0. The number of furan rings is 1. The lowest BCUT2D eigenvalue weighted by molar-refractivity contribution is -0.113. The first-order valence-corrected chi connectivity index (χ1v) is 9.00. The Morgan fingerprint density at radius 1 is 1.00 bits per heavy atom. The van der Waals surface area contributed by atoms with Crippen LogP contribution in [0.3, 0.4) is 0 Å². The van der Waals surface area contributed by atoms with Crippen LogP contribution in [0.5, 0.6) is 5.75 Å². The van der Waals surface area contributed by atoms with E-state index in [9.17, 15) is 13.6 Å². The number of hydrogen-bond donors (Lipinski definition) is 1. The summed E-state index contributed by atoms with van der Waals surface area (Å²) in [5.74, 6) is 0.358. The van der Waals surface area contributed by atoms with Gasteiger partial charge in [-0.05, 0) is 72.9 Å². The molecule has 0 atom stereocenters. The molecule has 5 nitrogen and oxygen atoms in total. The number of nitrogens with zero attached hydrogens (tertiary/aromatic N) is 1. The van der Waals surface area contributed by atoms with Gasteiger partial charge in [0.15, 0.2) is 5.11 Å². The average molecular weight is 412 g/mol. The zero-order valence-corrected chi connectivity index (χ0v) is 15.7. The minimum atomic E-state index is -0.402. The van der Waals surface area contributed by atoms with Crippen molar-refractivity contribution in [1.29, 1.82) is 0 Å². The van der Waals surface area contributed by atoms with Gasteiger partial charge in [-0.3, -0.25) is 9.69 Å². The van der Waals surface area contributed by atoms with Gasteiger partial charge < -0.3 is 14.5 Å². The maximum atomic E-state index is 13.1. The summed E-state index contributed by atoms with van der Waals surface area (Å²) in [4.78, 5) is 13.9. The molecule has 29 heavy (non-hydrogen) atoms. The third kappa shape index (κ3) is 4.17. The van der Waals surface area contributed by atoms with Gasteiger partial charge in [-0.25, -0.2) is 8.78 Å². The predicted octanol–water partition coefficient (Wildman–Crippen LogP) is 4.40. The molecular formula is C21H14F2N2O3S. The third-order valence-corrected chi connectivity index (χ3v) is 4.41. The first-order valence-electron chi connectivity index (χ1n) is 8.59. The Labute approximate surface area is 170 Å². The molecule has 0 bridgehead atoms. The highest BCUT2D eigenvalue weighted by Crippen LogP contribution is 2.23. The third-order valence-electron chi connectivity index (χ3n) is 4.13. The van der Waals surface area contributed by atoms with Gasteiger partial charge in [-0.2, -0.15) is 0 Å². The molecule has 1 amide bonds. The molecule has 1 aliphatic rings. The van der Waals surface area contributed by atoms with Crippen molar-refractivity contribution < 1.29 is 22.7 Å². The topological polar surface area (TPSA) is 54.7 Å². The highest BCUT2D eigenvalue weighted by atomic mass is 32.1. The molecule has 1 aliphatic heterocycles. The number of thiocarbonyl (C=S) groups is 1. The van der Waals surface area contributed by atoms with Gasteiger partial charge in [0.1, 0.15) is 41.2 Å². The Kier molecular flexibility index (Phi) is 5.09. The highest BCUT2D eigenvalue weighted by molar-refractivity contribution is 7.80. The number of carbonyl (C=O) groups is 1. The Bertz CT molecular complexity index is 1090. The van der Waals surface area contributed by atoms with E-state index < -0.39 is 5.82 Å². The molecule has 1 saturated heterocycles. The van der Waals surface area contributed by atoms with Gasteiger partial charge in [0.25, 0.3) is 5.91 Å². The lowest BCUT2D eigenvalue weighted by Crippen LogP contribution is -2.30. The quantitative estimate of drug-likeness (QED) is 0.497. The number of rotatable bonds is 5. The summed E-state index contributed by atoms with van der Waals surface area (Å²) in [5, 5.41) is 3.03. The van der Waals surface area contributed by atoms with Crippen molar-refractivity contribution >= 4 is 35.0 Å². The van der Waals surface area contributed by atoms with Crippen LogP contribution in [0.1, 0.15) is 11.5 Å². The zero-order valence-electron chi connectivity index (χ0n) is 14.9. The largest absolute Gasteiger partial charge is 0.486 e. The fraction of sp³-hybridized carbons (Fsp3) is 0.0476. The summed E-state index contributed by atoms with van der Waals surface area (Å²) in [5.41, 5.74) is 0.699. The minimum Gasteiger partial charge on any atom is -0.486 e. The summed E-state index contributed by atoms with van der Waals surface area (Å²) >= 11 is 5.22. The average Bonchev–Trinajstić information content (AvgIpc) is 3.26. The fourth-order valence-corrected chi connectivity index (χ4v) is 3.04. The van der Waals surface area contributed by atoms with Crippen molar-refractivity contribution in [2.45, 2.75) is 6.61 Å². The molecule has 2 aromatic carbocycles. The number of carbonyl (C=O) groups excluding carboxylic acids is 1. The van der Waals surface area contributed by atoms with Crippen LogP contribution in [0, 0.1) is 11.6 Å². The van der Waals surface area contributed by atoms with Crippen LogP contribution in [0.25, 0.3) is 6.08 Å². The number of amides is 1. The molecule has 0 aliphatic carbocycles. The van der Waals surface area contributed by atoms with Crippen LogP contribution in [0.15, 0.2) is 70.8 Å². The van der Waals surface area contributed by atoms with E-state index >= 15 is 0 Å². The molecule has 3 aromatic rings. The Morgan fingerprint density at radius 3 is 2.34 bits per heavy atom. The Hall–Kier alpha value is -3.52. The SMILES string of the molecule is O=C1/C(=C\c2ccc(COc3ccc(F)cc3)o2)NC(=S)N1c1ccc(F)cc1. The summed E-state index contributed by atoms with van der Waals surface area (Å²) in [7, 11) is 0. The van der Waals surface area contributed by atoms with Crippen LogP contribution in [0.2, 0.25) is 0 Å². The second-order valence-electron chi connectivity index (χ2n) is 6.15. The normalized spacial score (nSPS) is 15.1. The molecule has 146 valence electrons. The van der Waals surface area contributed by atoms with E-state index in [2.05, 4.69) is 5.32 Å². The van der Waals surface area contributed by atoms with Crippen molar-refractivity contribution in [3.63, 3.8) is 0 Å². The Morgan fingerprint density at radius 2 is 1.66 bits per heavy atom. The van der Waals surface area contributed by atoms with Crippen molar-refractivity contribution in [1.82, 2.24) is 5.32 Å². The Balaban J connectivity index is 1.45. The van der Waals surface area contributed by atoms with E-state index in [1.165, 1.54) is 59.5 Å². The molecule has 2 heterocycles. The van der Waals surface area contributed by atoms with E-state index in [0.29, 0.717) is 23.0 Å². The standard InChI is InChI=1S/C21H14F2N2O3S/c22-13-1-5-15(6-2-13)25-20(26)19(24-21(25)29)11-17-9-10-18(28-17)12-27-16-7-3-14(23)4-8-16/h1-11H,12H2,(H,24,29)/b19-11+. The molecule has 1 N–H and O–H groups in total. The number of nitrogens with one attached hydrogen (secondary N) is 1. The molecule has 4 rings (SSSR count). The molecule has 0 spiro atoms. The predicted molar refractivity (Wildman–Crippen MR) is 107 cm³/mol. The summed E-state index contributed by atoms with van der Waals surface area (Å²) in [6.07, 6.45) is 1.53. The van der Waals surface area contributed by atoms with Crippen molar-refractivity contribution in [3.05, 3.63) is 89.5 Å². The highest BCUT2D eigenvalue weighted by Gasteiger charge is 2.32. The summed E-state index contributed by atoms with van der Waals surface area (Å²) in [6, 6.07) is 14.5. The number of anilines is 1. The second kappa shape index (κ2) is 7.84. The molecule has 1 aromatic heterocycles. The van der Waals surface area contributed by atoms with Gasteiger partial charge >= 0.3 is 0 Å². The van der Waals surface area contributed by atoms with Crippen molar-refractivity contribution in [2.24, 2.45) is 0 Å². The molecule has 0 radical (unpaired) electrons. The van der Waals surface area contributed by atoms with Crippen LogP contribution >= 0.6 is 12.2 Å². The smallest absolute Gasteiger partial charge is 0.281 e. The molecular weight excluding hydrogens is 398 g/mol. The monoisotopic (exact) mass is 412 g/mol. The van der Waals surface area contributed by atoms with E-state index in [1.54, 1.807) is 12.1 Å². The van der Waals surface area contributed by atoms with E-state index in [0.717, 1.165) is 0 Å². The molecule has 0 unspecified atom stereocenters. The lowest BCUT2D eigenvalue weighted by Gasteiger charge is -2.13. The van der Waals surface area contributed by atoms with Crippen LogP contribution < -0.4 is 15.0 Å². The van der Waals surface area contributed by atoms with Gasteiger partial charge in [0, 0.05) is 6.08 Å². The summed E-state index contributed by atoms with van der Waals surface area (Å²) < 4.78 is 37.2. The zero-order chi connectivity index (χ0) is 20.4. The number of hydrogen-bond acceptors (Lipinski definition) is 4. The molecule has 8 heteroatoms. The fourth-order valence-electron chi connectivity index (χ4n) is 2.74. The first kappa shape index (κ1) is 18.8. The van der Waals surface area contributed by atoms with Gasteiger partial charge in [-0.1, -0.05) is 0 Å². The van der Waals surface area contributed by atoms with Crippen LogP contribution in [-0.2, 0) is 11.4 Å². The summed E-state index contributed by atoms with van der Waals surface area (Å²) in [6.45, 7) is 0.149. The second-order valence-corrected chi connectivity index (χ2v) is 6.54. The maximum Gasteiger partial charge on any atom is 0.281 e. The van der Waals surface area contributed by atoms with Crippen LogP contribution in [-0.4, -0.2) is 11.0 Å². The maximum absolute atomic E-state index is 13.1. The van der Waals surface area contributed by atoms with Crippen molar-refractivity contribution in [3.8, 4) is 5.75 Å². The van der Waals surface area contributed by atoms with E-state index in [-0.39, 0.29) is 29.1 Å². The van der Waals surface area contributed by atoms with Crippen LogP contribution in [0.4, 0.5) is 14.5 Å². The number of halogens is 2. The van der Waals surface area contributed by atoms with Gasteiger partial charge in [-0.15, -0.1) is 0 Å². The van der Waals surface area contributed by atoms with E-state index in [1.807, 2.05) is 0 Å².